The van der Waals surface area contributed by atoms with Gasteiger partial charge in [-0.05, 0) is 32.9 Å². The molecular formula is C26H25F3N6O. The van der Waals surface area contributed by atoms with Gasteiger partial charge in [0, 0.05) is 42.5 Å². The van der Waals surface area contributed by atoms with Gasteiger partial charge in [-0.1, -0.05) is 18.2 Å². The van der Waals surface area contributed by atoms with Crippen LogP contribution in [0.4, 0.5) is 19.0 Å². The van der Waals surface area contributed by atoms with Gasteiger partial charge in [0.15, 0.2) is 5.49 Å². The number of pyridine rings is 2. The van der Waals surface area contributed by atoms with Crippen molar-refractivity contribution in [1.82, 2.24) is 19.1 Å². The molecule has 1 N–H and O–H groups in total. The minimum atomic E-state index is -2.92. The van der Waals surface area contributed by atoms with Crippen LogP contribution in [0.15, 0.2) is 52.4 Å². The number of nitrogens with one attached hydrogen (secondary N) is 1. The quantitative estimate of drug-likeness (QED) is 0.443. The molecule has 0 saturated carbocycles. The zero-order valence-corrected chi connectivity index (χ0v) is 20.3. The molecule has 2 unspecified atom stereocenters. The van der Waals surface area contributed by atoms with Gasteiger partial charge < -0.3 is 14.5 Å². The van der Waals surface area contributed by atoms with Gasteiger partial charge >= 0.3 is 0 Å². The lowest BCUT2D eigenvalue weighted by Gasteiger charge is -2.20. The maximum absolute atomic E-state index is 14.8. The number of fused-ring (bicyclic) bond motifs is 3. The SMILES string of the molecule is Cc1nc2n3c(c(-c4ccc(=O)n(C)c4)cc-2c(=NC(C)c2cccc(C(F)F)c2F)n1)NCC3C. The Hall–Kier alpha value is -3.95. The molecule has 2 aromatic rings. The molecule has 4 heterocycles. The summed E-state index contributed by atoms with van der Waals surface area (Å²) >= 11 is 0. The Morgan fingerprint density at radius 1 is 1.14 bits per heavy atom. The van der Waals surface area contributed by atoms with Gasteiger partial charge in [-0.25, -0.2) is 23.1 Å². The van der Waals surface area contributed by atoms with E-state index < -0.39 is 23.8 Å². The number of benzene rings is 1. The van der Waals surface area contributed by atoms with Crippen molar-refractivity contribution >= 4 is 5.82 Å². The second-order valence-corrected chi connectivity index (χ2v) is 9.06. The van der Waals surface area contributed by atoms with Crippen LogP contribution in [-0.2, 0) is 7.05 Å². The number of alkyl halides is 2. The molecule has 0 spiro atoms. The van der Waals surface area contributed by atoms with Crippen LogP contribution in [0.1, 0.15) is 49.3 Å². The lowest BCUT2D eigenvalue weighted by molar-refractivity contribution is 0.146. The van der Waals surface area contributed by atoms with E-state index in [0.717, 1.165) is 23.0 Å². The van der Waals surface area contributed by atoms with Crippen LogP contribution in [0.3, 0.4) is 0 Å². The lowest BCUT2D eigenvalue weighted by Crippen LogP contribution is -2.22. The normalized spacial score (nSPS) is 16.4. The minimum absolute atomic E-state index is 0.0688. The largest absolute Gasteiger partial charge is 0.369 e. The molecule has 2 atom stereocenters. The van der Waals surface area contributed by atoms with Gasteiger partial charge in [-0.15, -0.1) is 0 Å². The van der Waals surface area contributed by atoms with Crippen molar-refractivity contribution in [2.75, 3.05) is 11.9 Å². The van der Waals surface area contributed by atoms with Crippen LogP contribution in [-0.4, -0.2) is 25.6 Å². The Bertz CT molecular complexity index is 1580. The number of halogens is 3. The summed E-state index contributed by atoms with van der Waals surface area (Å²) in [5.74, 6) is 1.05. The third-order valence-electron chi connectivity index (χ3n) is 6.49. The van der Waals surface area contributed by atoms with Crippen LogP contribution in [0.25, 0.3) is 22.5 Å². The van der Waals surface area contributed by atoms with Gasteiger partial charge in [-0.2, -0.15) is 0 Å². The Morgan fingerprint density at radius 3 is 2.61 bits per heavy atom. The third-order valence-corrected chi connectivity index (χ3v) is 6.49. The first-order valence-corrected chi connectivity index (χ1v) is 11.6. The summed E-state index contributed by atoms with van der Waals surface area (Å²) in [6.07, 6.45) is -1.16. The second kappa shape index (κ2) is 8.92. The molecule has 5 rings (SSSR count). The van der Waals surface area contributed by atoms with Gasteiger partial charge in [-0.3, -0.25) is 9.79 Å². The van der Waals surface area contributed by atoms with Crippen molar-refractivity contribution in [2.24, 2.45) is 12.0 Å². The molecule has 0 aliphatic carbocycles. The fourth-order valence-electron chi connectivity index (χ4n) is 4.64. The van der Waals surface area contributed by atoms with E-state index in [4.69, 9.17) is 0 Å². The van der Waals surface area contributed by atoms with E-state index in [2.05, 4.69) is 31.8 Å². The molecule has 0 bridgehead atoms. The molecule has 1 aromatic carbocycles. The Labute approximate surface area is 205 Å². The number of rotatable bonds is 4. The molecule has 0 fully saturated rings. The Kier molecular flexibility index (Phi) is 5.89. The number of anilines is 1. The van der Waals surface area contributed by atoms with Crippen LogP contribution in [0, 0.1) is 12.7 Å². The number of hydrogen-bond acceptors (Lipinski definition) is 5. The zero-order chi connectivity index (χ0) is 25.7. The van der Waals surface area contributed by atoms with Gasteiger partial charge in [0.05, 0.1) is 23.2 Å². The molecule has 3 aliphatic heterocycles. The van der Waals surface area contributed by atoms with Crippen molar-refractivity contribution < 1.29 is 13.2 Å². The molecule has 0 amide bonds. The van der Waals surface area contributed by atoms with Crippen molar-refractivity contribution in [3.05, 3.63) is 81.2 Å². The fourth-order valence-corrected chi connectivity index (χ4v) is 4.64. The van der Waals surface area contributed by atoms with Crippen LogP contribution < -0.4 is 16.4 Å². The predicted molar refractivity (Wildman–Crippen MR) is 131 cm³/mol. The van der Waals surface area contributed by atoms with Gasteiger partial charge in [0.2, 0.25) is 5.56 Å². The first kappa shape index (κ1) is 23.8. The highest BCUT2D eigenvalue weighted by molar-refractivity contribution is 5.82. The lowest BCUT2D eigenvalue weighted by atomic mass is 10.0. The summed E-state index contributed by atoms with van der Waals surface area (Å²) in [6, 6.07) is 8.42. The van der Waals surface area contributed by atoms with Crippen LogP contribution in [0.2, 0.25) is 0 Å². The second-order valence-electron chi connectivity index (χ2n) is 9.06. The van der Waals surface area contributed by atoms with E-state index in [1.54, 1.807) is 33.2 Å². The molecule has 10 heteroatoms. The Morgan fingerprint density at radius 2 is 1.89 bits per heavy atom. The Balaban J connectivity index is 1.76. The van der Waals surface area contributed by atoms with Crippen molar-refractivity contribution in [2.45, 2.75) is 39.3 Å². The zero-order valence-electron chi connectivity index (χ0n) is 20.3. The molecular weight excluding hydrogens is 469 g/mol. The average Bonchev–Trinajstić information content (AvgIpc) is 3.22. The maximum atomic E-state index is 14.8. The fraction of sp³-hybridized carbons (Fsp3) is 0.308. The number of aromatic nitrogens is 4. The van der Waals surface area contributed by atoms with Gasteiger partial charge in [0.25, 0.3) is 6.43 Å². The number of nitrogens with zero attached hydrogens (tertiary/aromatic N) is 5. The first-order valence-electron chi connectivity index (χ1n) is 11.6. The van der Waals surface area contributed by atoms with Crippen molar-refractivity contribution in [1.29, 1.82) is 0 Å². The van der Waals surface area contributed by atoms with E-state index in [-0.39, 0.29) is 17.2 Å². The minimum Gasteiger partial charge on any atom is -0.369 e. The molecule has 7 nitrogen and oxygen atoms in total. The maximum Gasteiger partial charge on any atom is 0.266 e. The van der Waals surface area contributed by atoms with Gasteiger partial charge in [0.1, 0.15) is 23.3 Å². The summed E-state index contributed by atoms with van der Waals surface area (Å²) < 4.78 is 44.9. The summed E-state index contributed by atoms with van der Waals surface area (Å²) in [6.45, 7) is 6.16. The van der Waals surface area contributed by atoms with E-state index in [1.807, 2.05) is 6.07 Å². The average molecular weight is 495 g/mol. The third kappa shape index (κ3) is 3.96. The standard InChI is InChI=1S/C26H25F3N6O/c1-13-11-30-25-19(16-8-9-21(36)34(4)12-16)10-20-24(32-15(3)33-26(20)35(13)25)31-14(2)17-6-5-7-18(22(17)27)23(28)29/h5-10,12-14,23,30H,11H2,1-4H3. The molecule has 186 valence electrons. The number of hydrogen-bond donors (Lipinski definition) is 1. The van der Waals surface area contributed by atoms with Crippen molar-refractivity contribution in [3.8, 4) is 22.5 Å². The van der Waals surface area contributed by atoms with Crippen molar-refractivity contribution in [3.63, 3.8) is 0 Å². The van der Waals surface area contributed by atoms with E-state index in [9.17, 15) is 18.0 Å². The monoisotopic (exact) mass is 494 g/mol. The summed E-state index contributed by atoms with van der Waals surface area (Å²) in [5.41, 5.74) is 1.93. The highest BCUT2D eigenvalue weighted by atomic mass is 19.3. The number of aryl methyl sites for hydroxylation is 2. The van der Waals surface area contributed by atoms with Crippen LogP contribution >= 0.6 is 0 Å². The predicted octanol–water partition coefficient (Wildman–Crippen LogP) is 4.78. The summed E-state index contributed by atoms with van der Waals surface area (Å²) in [4.78, 5) is 25.9. The molecule has 0 radical (unpaired) electrons. The first-order chi connectivity index (χ1) is 17.2. The van der Waals surface area contributed by atoms with E-state index in [0.29, 0.717) is 29.2 Å². The topological polar surface area (TPSA) is 77.1 Å². The smallest absolute Gasteiger partial charge is 0.266 e. The van der Waals surface area contributed by atoms with Crippen LogP contribution in [0.5, 0.6) is 0 Å². The molecule has 36 heavy (non-hydrogen) atoms. The molecule has 1 aromatic heterocycles. The highest BCUT2D eigenvalue weighted by Crippen LogP contribution is 2.39. The summed E-state index contributed by atoms with van der Waals surface area (Å²) in [7, 11) is 1.69. The molecule has 3 aliphatic rings. The summed E-state index contributed by atoms with van der Waals surface area (Å²) in [5, 5.41) is 3.44. The highest BCUT2D eigenvalue weighted by Gasteiger charge is 2.28. The van der Waals surface area contributed by atoms with E-state index >= 15 is 0 Å². The van der Waals surface area contributed by atoms with E-state index in [1.165, 1.54) is 22.8 Å². The molecule has 0 saturated heterocycles.